The lowest BCUT2D eigenvalue weighted by atomic mass is 9.59. The monoisotopic (exact) mass is 593 g/mol. The molecule has 0 radical (unpaired) electrons. The van der Waals surface area contributed by atoms with Crippen LogP contribution in [0.15, 0.2) is 63.4 Å². The normalized spacial score (nSPS) is 27.6. The molecule has 6 rings (SSSR count). The van der Waals surface area contributed by atoms with E-state index < -0.39 is 29.6 Å². The molecule has 2 heterocycles. The number of hydrogen-bond donors (Lipinski definition) is 2. The molecule has 0 bridgehead atoms. The molecule has 2 amide bonds. The first-order chi connectivity index (χ1) is 18.7. The molecule has 1 aromatic carbocycles. The van der Waals surface area contributed by atoms with Crippen LogP contribution in [0.4, 0.5) is 0 Å². The molecular formula is C29H24BrNO8. The third kappa shape index (κ3) is 4.09. The van der Waals surface area contributed by atoms with Crippen molar-refractivity contribution >= 4 is 45.3 Å². The minimum absolute atomic E-state index is 0.0291. The summed E-state index contributed by atoms with van der Waals surface area (Å²) in [5, 5.41) is 19.0. The number of carboxylic acids is 1. The van der Waals surface area contributed by atoms with E-state index in [1.54, 1.807) is 18.4 Å². The number of phenols is 1. The lowest BCUT2D eigenvalue weighted by Gasteiger charge is -2.43. The van der Waals surface area contributed by atoms with E-state index >= 15 is 0 Å². The Bertz CT molecular complexity index is 1500. The minimum atomic E-state index is -0.998. The summed E-state index contributed by atoms with van der Waals surface area (Å²) in [5.41, 5.74) is 2.95. The molecule has 4 atom stereocenters. The lowest BCUT2D eigenvalue weighted by Crippen LogP contribution is -2.41. The van der Waals surface area contributed by atoms with Gasteiger partial charge in [0.2, 0.25) is 11.8 Å². The number of amides is 2. The van der Waals surface area contributed by atoms with E-state index in [9.17, 15) is 29.1 Å². The van der Waals surface area contributed by atoms with Gasteiger partial charge in [0.1, 0.15) is 11.5 Å². The van der Waals surface area contributed by atoms with Gasteiger partial charge in [0.25, 0.3) is 0 Å². The molecule has 5 aliphatic rings. The Morgan fingerprint density at radius 3 is 2.69 bits per heavy atom. The van der Waals surface area contributed by atoms with Gasteiger partial charge in [-0.3, -0.25) is 28.9 Å². The fourth-order valence-corrected chi connectivity index (χ4v) is 7.14. The molecule has 2 aliphatic heterocycles. The number of allylic oxidation sites excluding steroid dienone is 7. The summed E-state index contributed by atoms with van der Waals surface area (Å²) in [5.74, 6) is -4.03. The highest BCUT2D eigenvalue weighted by Crippen LogP contribution is 2.55. The van der Waals surface area contributed by atoms with Crippen molar-refractivity contribution in [1.82, 2.24) is 4.90 Å². The van der Waals surface area contributed by atoms with Crippen LogP contribution in [-0.2, 0) is 30.4 Å². The molecule has 9 nitrogen and oxygen atoms in total. The zero-order valence-electron chi connectivity index (χ0n) is 20.7. The van der Waals surface area contributed by atoms with Crippen LogP contribution in [0.5, 0.6) is 11.5 Å². The maximum atomic E-state index is 13.6. The number of carbonyl (C=O) groups is 5. The Labute approximate surface area is 231 Å². The number of aliphatic carboxylic acids is 1. The van der Waals surface area contributed by atoms with Crippen LogP contribution in [-0.4, -0.2) is 51.0 Å². The third-order valence-electron chi connectivity index (χ3n) is 8.34. The summed E-state index contributed by atoms with van der Waals surface area (Å²) < 4.78 is 6.02. The third-order valence-corrected chi connectivity index (χ3v) is 8.93. The average molecular weight is 594 g/mol. The van der Waals surface area contributed by atoms with Crippen molar-refractivity contribution in [3.8, 4) is 11.5 Å². The van der Waals surface area contributed by atoms with E-state index in [1.807, 2.05) is 6.08 Å². The number of hydrogen-bond acceptors (Lipinski definition) is 7. The molecular weight excluding hydrogens is 570 g/mol. The van der Waals surface area contributed by atoms with Gasteiger partial charge < -0.3 is 14.9 Å². The molecule has 1 fully saturated rings. The number of likely N-dealkylation sites (tertiary alicyclic amines) is 1. The second-order valence-corrected chi connectivity index (χ2v) is 11.4. The smallest absolute Gasteiger partial charge is 0.303 e. The van der Waals surface area contributed by atoms with Crippen LogP contribution in [0, 0.1) is 23.7 Å². The SMILES string of the molecule is O=C(O)CCCN1C(=O)[C@H]2[C@H](CC=C3[C@H](C4=COc5ccc(O)cc5C4)C4=C(C[C@H]32)C(=O)C(Br)=CC4=O)C1=O. The van der Waals surface area contributed by atoms with Crippen LogP contribution >= 0.6 is 15.9 Å². The zero-order chi connectivity index (χ0) is 27.6. The summed E-state index contributed by atoms with van der Waals surface area (Å²) in [6.45, 7) is 0.0291. The van der Waals surface area contributed by atoms with E-state index in [0.29, 0.717) is 29.7 Å². The zero-order valence-corrected chi connectivity index (χ0v) is 22.3. The number of ketones is 2. The summed E-state index contributed by atoms with van der Waals surface area (Å²) in [7, 11) is 0. The number of Topliss-reactive ketones (excluding diaryl/α,β-unsaturated/α-hetero) is 1. The van der Waals surface area contributed by atoms with Gasteiger partial charge >= 0.3 is 5.97 Å². The van der Waals surface area contributed by atoms with Gasteiger partial charge in [-0.05, 0) is 64.9 Å². The molecule has 2 N–H and O–H groups in total. The number of phenolic OH excluding ortho intramolecular Hbond substituents is 1. The minimum Gasteiger partial charge on any atom is -0.508 e. The molecule has 0 spiro atoms. The van der Waals surface area contributed by atoms with Crippen molar-refractivity contribution in [3.63, 3.8) is 0 Å². The number of fused-ring (bicyclic) bond motifs is 4. The van der Waals surface area contributed by atoms with E-state index in [4.69, 9.17) is 9.84 Å². The van der Waals surface area contributed by atoms with Gasteiger partial charge in [-0.2, -0.15) is 0 Å². The highest BCUT2D eigenvalue weighted by molar-refractivity contribution is 9.12. The lowest BCUT2D eigenvalue weighted by molar-refractivity contribution is -0.142. The number of carbonyl (C=O) groups excluding carboxylic acids is 4. The molecule has 3 aliphatic carbocycles. The van der Waals surface area contributed by atoms with Crippen LogP contribution < -0.4 is 4.74 Å². The molecule has 0 saturated carbocycles. The first kappa shape index (κ1) is 25.5. The second-order valence-electron chi connectivity index (χ2n) is 10.5. The number of rotatable bonds is 5. The summed E-state index contributed by atoms with van der Waals surface area (Å²) in [4.78, 5) is 65.6. The number of halogens is 1. The van der Waals surface area contributed by atoms with Gasteiger partial charge in [0.15, 0.2) is 11.6 Å². The number of imide groups is 1. The van der Waals surface area contributed by atoms with Crippen molar-refractivity contribution in [2.75, 3.05) is 6.54 Å². The molecule has 1 saturated heterocycles. The van der Waals surface area contributed by atoms with E-state index in [-0.39, 0.29) is 59.4 Å². The molecule has 0 unspecified atom stereocenters. The fraction of sp³-hybridized carbons (Fsp3) is 0.345. The van der Waals surface area contributed by atoms with Gasteiger partial charge in [-0.15, -0.1) is 0 Å². The first-order valence-corrected chi connectivity index (χ1v) is 13.6. The molecule has 200 valence electrons. The average Bonchev–Trinajstić information content (AvgIpc) is 3.15. The predicted octanol–water partition coefficient (Wildman–Crippen LogP) is 3.37. The van der Waals surface area contributed by atoms with Crippen LogP contribution in [0.1, 0.15) is 31.2 Å². The Kier molecular flexibility index (Phi) is 6.17. The molecule has 0 aromatic heterocycles. The van der Waals surface area contributed by atoms with Crippen molar-refractivity contribution < 1.29 is 38.9 Å². The van der Waals surface area contributed by atoms with Gasteiger partial charge in [0.05, 0.1) is 22.6 Å². The number of aromatic hydroxyl groups is 1. The Morgan fingerprint density at radius 1 is 1.13 bits per heavy atom. The molecule has 39 heavy (non-hydrogen) atoms. The predicted molar refractivity (Wildman–Crippen MR) is 139 cm³/mol. The standard InChI is InChI=1S/C29H24BrNO8/c30-20-11-21(33)26-19(27(20)36)10-18-16(24(26)14-8-13-9-15(32)3-6-22(13)39-12-14)4-5-17-25(18)29(38)31(28(17)37)7-1-2-23(34)35/h3-4,6,9,11-12,17-18,24-25,32H,1-2,5,7-8,10H2,(H,34,35)/t17-,18+,24-,25-/m0/s1. The van der Waals surface area contributed by atoms with Crippen molar-refractivity contribution in [2.45, 2.75) is 32.1 Å². The van der Waals surface area contributed by atoms with E-state index in [0.717, 1.165) is 16.7 Å². The summed E-state index contributed by atoms with van der Waals surface area (Å²) in [6, 6.07) is 4.78. The fourth-order valence-electron chi connectivity index (χ4n) is 6.69. The highest BCUT2D eigenvalue weighted by Gasteiger charge is 2.56. The van der Waals surface area contributed by atoms with E-state index in [1.165, 1.54) is 17.0 Å². The van der Waals surface area contributed by atoms with Crippen LogP contribution in [0.25, 0.3) is 0 Å². The largest absolute Gasteiger partial charge is 0.508 e. The Morgan fingerprint density at radius 2 is 1.92 bits per heavy atom. The van der Waals surface area contributed by atoms with Crippen molar-refractivity contribution in [2.24, 2.45) is 23.7 Å². The van der Waals surface area contributed by atoms with Crippen LogP contribution in [0.3, 0.4) is 0 Å². The number of carboxylic acid groups (broad SMARTS) is 1. The highest BCUT2D eigenvalue weighted by atomic mass is 79.9. The van der Waals surface area contributed by atoms with E-state index in [2.05, 4.69) is 15.9 Å². The maximum absolute atomic E-state index is 13.6. The van der Waals surface area contributed by atoms with Crippen molar-refractivity contribution in [1.29, 1.82) is 0 Å². The molecule has 10 heteroatoms. The summed E-state index contributed by atoms with van der Waals surface area (Å²) >= 11 is 3.21. The Balaban J connectivity index is 1.40. The number of nitrogens with zero attached hydrogens (tertiary/aromatic N) is 1. The number of benzene rings is 1. The van der Waals surface area contributed by atoms with Gasteiger partial charge in [0, 0.05) is 48.1 Å². The molecule has 1 aromatic rings. The topological polar surface area (TPSA) is 138 Å². The van der Waals surface area contributed by atoms with Crippen LogP contribution in [0.2, 0.25) is 0 Å². The number of ether oxygens (including phenoxy) is 1. The first-order valence-electron chi connectivity index (χ1n) is 12.8. The quantitative estimate of drug-likeness (QED) is 0.301. The van der Waals surface area contributed by atoms with Gasteiger partial charge in [-0.25, -0.2) is 0 Å². The maximum Gasteiger partial charge on any atom is 0.303 e. The summed E-state index contributed by atoms with van der Waals surface area (Å²) in [6.07, 6.45) is 5.62. The van der Waals surface area contributed by atoms with Gasteiger partial charge in [-0.1, -0.05) is 11.6 Å². The van der Waals surface area contributed by atoms with Crippen molar-refractivity contribution in [3.05, 3.63) is 69.0 Å². The Hall–Kier alpha value is -3.79. The second kappa shape index (κ2) is 9.44.